The molecule has 1 aromatic carbocycles. The number of benzene rings is 1. The van der Waals surface area contributed by atoms with Crippen LogP contribution in [0.2, 0.25) is 0 Å². The summed E-state index contributed by atoms with van der Waals surface area (Å²) >= 11 is 7.01. The fourth-order valence-corrected chi connectivity index (χ4v) is 4.05. The molecule has 0 bridgehead atoms. The van der Waals surface area contributed by atoms with Crippen molar-refractivity contribution in [1.29, 1.82) is 0 Å². The highest BCUT2D eigenvalue weighted by Gasteiger charge is 2.10. The zero-order valence-electron chi connectivity index (χ0n) is 10.6. The first-order valence-corrected chi connectivity index (χ1v) is 8.59. The van der Waals surface area contributed by atoms with E-state index in [1.807, 2.05) is 23.9 Å². The van der Waals surface area contributed by atoms with Crippen molar-refractivity contribution in [2.45, 2.75) is 28.3 Å². The minimum atomic E-state index is 0.552. The topological polar surface area (TPSA) is 38.9 Å². The molecule has 100 valence electrons. The third-order valence-corrected chi connectivity index (χ3v) is 5.53. The second kappa shape index (κ2) is 7.33. The van der Waals surface area contributed by atoms with E-state index in [1.165, 1.54) is 15.4 Å². The summed E-state index contributed by atoms with van der Waals surface area (Å²) in [6, 6.07) is 10.2. The molecule has 0 spiro atoms. The molecule has 2 aromatic rings. The molecule has 0 aliphatic rings. The van der Waals surface area contributed by atoms with E-state index < -0.39 is 0 Å². The molecular formula is C14H15BrN2S2. The lowest BCUT2D eigenvalue weighted by Crippen LogP contribution is -2.01. The average Bonchev–Trinajstić information content (AvgIpc) is 2.42. The molecule has 0 fully saturated rings. The molecule has 0 aliphatic carbocycles. The van der Waals surface area contributed by atoms with Gasteiger partial charge in [0.15, 0.2) is 0 Å². The Bertz CT molecular complexity index is 561. The van der Waals surface area contributed by atoms with Gasteiger partial charge in [-0.2, -0.15) is 0 Å². The van der Waals surface area contributed by atoms with E-state index in [1.54, 1.807) is 18.0 Å². The van der Waals surface area contributed by atoms with Gasteiger partial charge in [-0.25, -0.2) is 4.98 Å². The van der Waals surface area contributed by atoms with E-state index in [-0.39, 0.29) is 0 Å². The molecule has 0 atom stereocenters. The van der Waals surface area contributed by atoms with Crippen LogP contribution in [0.4, 0.5) is 0 Å². The highest BCUT2D eigenvalue weighted by molar-refractivity contribution is 9.10. The number of halogens is 1. The summed E-state index contributed by atoms with van der Waals surface area (Å²) in [4.78, 5) is 6.84. The first-order valence-electron chi connectivity index (χ1n) is 5.99. The van der Waals surface area contributed by atoms with Crippen LogP contribution in [-0.4, -0.2) is 10.7 Å². The summed E-state index contributed by atoms with van der Waals surface area (Å²) in [7, 11) is 0. The van der Waals surface area contributed by atoms with Gasteiger partial charge in [-0.1, -0.05) is 24.8 Å². The molecule has 5 heteroatoms. The van der Waals surface area contributed by atoms with E-state index in [4.69, 9.17) is 5.73 Å². The maximum absolute atomic E-state index is 5.91. The predicted molar refractivity (Wildman–Crippen MR) is 86.8 cm³/mol. The van der Waals surface area contributed by atoms with E-state index in [9.17, 15) is 0 Å². The van der Waals surface area contributed by atoms with Crippen molar-refractivity contribution in [3.05, 3.63) is 46.6 Å². The van der Waals surface area contributed by atoms with E-state index in [2.05, 4.69) is 46.0 Å². The number of pyridine rings is 1. The SMILES string of the molecule is CCSc1cccc(Sc2ncccc2Br)c1CN. The Morgan fingerprint density at radius 2 is 2.00 bits per heavy atom. The van der Waals surface area contributed by atoms with Crippen LogP contribution in [-0.2, 0) is 6.54 Å². The van der Waals surface area contributed by atoms with Crippen LogP contribution in [0.1, 0.15) is 12.5 Å². The lowest BCUT2D eigenvalue weighted by atomic mass is 10.2. The second-order valence-corrected chi connectivity index (χ2v) is 6.95. The molecule has 0 amide bonds. The van der Waals surface area contributed by atoms with Crippen LogP contribution in [0.15, 0.2) is 55.8 Å². The number of thioether (sulfide) groups is 1. The fourth-order valence-electron chi connectivity index (χ4n) is 1.68. The zero-order valence-corrected chi connectivity index (χ0v) is 13.8. The molecule has 0 radical (unpaired) electrons. The van der Waals surface area contributed by atoms with Gasteiger partial charge >= 0.3 is 0 Å². The summed E-state index contributed by atoms with van der Waals surface area (Å²) in [6.45, 7) is 2.70. The summed E-state index contributed by atoms with van der Waals surface area (Å²) < 4.78 is 1.01. The fraction of sp³-hybridized carbons (Fsp3) is 0.214. The van der Waals surface area contributed by atoms with E-state index >= 15 is 0 Å². The normalized spacial score (nSPS) is 10.7. The van der Waals surface area contributed by atoms with Crippen molar-refractivity contribution in [1.82, 2.24) is 4.98 Å². The van der Waals surface area contributed by atoms with Crippen molar-refractivity contribution in [3.63, 3.8) is 0 Å². The average molecular weight is 355 g/mol. The molecule has 1 aromatic heterocycles. The number of hydrogen-bond donors (Lipinski definition) is 1. The maximum Gasteiger partial charge on any atom is 0.115 e. The maximum atomic E-state index is 5.91. The molecule has 2 rings (SSSR count). The third kappa shape index (κ3) is 3.75. The Morgan fingerprint density at radius 1 is 1.21 bits per heavy atom. The van der Waals surface area contributed by atoms with E-state index in [0.29, 0.717) is 6.54 Å². The van der Waals surface area contributed by atoms with Crippen molar-refractivity contribution < 1.29 is 0 Å². The highest BCUT2D eigenvalue weighted by atomic mass is 79.9. The number of rotatable bonds is 5. The standard InChI is InChI=1S/C14H15BrN2S2/c1-2-18-12-6-3-7-13(10(12)9-16)19-14-11(15)5-4-8-17-14/h3-8H,2,9,16H2,1H3. The molecular weight excluding hydrogens is 340 g/mol. The molecule has 19 heavy (non-hydrogen) atoms. The molecule has 2 N–H and O–H groups in total. The van der Waals surface area contributed by atoms with Gasteiger partial charge < -0.3 is 5.73 Å². The van der Waals surface area contributed by atoms with Gasteiger partial charge in [0.05, 0.1) is 4.47 Å². The van der Waals surface area contributed by atoms with Gasteiger partial charge in [0.1, 0.15) is 5.03 Å². The summed E-state index contributed by atoms with van der Waals surface area (Å²) in [6.07, 6.45) is 1.81. The molecule has 0 unspecified atom stereocenters. The van der Waals surface area contributed by atoms with Gasteiger partial charge in [-0.15, -0.1) is 11.8 Å². The van der Waals surface area contributed by atoms with Crippen LogP contribution in [0.3, 0.4) is 0 Å². The number of hydrogen-bond acceptors (Lipinski definition) is 4. The van der Waals surface area contributed by atoms with Gasteiger partial charge in [-0.05, 0) is 51.5 Å². The summed E-state index contributed by atoms with van der Waals surface area (Å²) in [5, 5.41) is 0.968. The highest BCUT2D eigenvalue weighted by Crippen LogP contribution is 2.36. The van der Waals surface area contributed by atoms with Crippen LogP contribution in [0, 0.1) is 0 Å². The Kier molecular flexibility index (Phi) is 5.76. The number of nitrogens with zero attached hydrogens (tertiary/aromatic N) is 1. The van der Waals surface area contributed by atoms with Gasteiger partial charge in [-0.3, -0.25) is 0 Å². The third-order valence-electron chi connectivity index (χ3n) is 2.53. The smallest absolute Gasteiger partial charge is 0.115 e. The van der Waals surface area contributed by atoms with Crippen molar-refractivity contribution in [2.24, 2.45) is 5.73 Å². The zero-order chi connectivity index (χ0) is 13.7. The first kappa shape index (κ1) is 14.9. The molecule has 0 aliphatic heterocycles. The minimum Gasteiger partial charge on any atom is -0.326 e. The second-order valence-electron chi connectivity index (χ2n) is 3.76. The van der Waals surface area contributed by atoms with Crippen LogP contribution < -0.4 is 5.73 Å². The van der Waals surface area contributed by atoms with Crippen molar-refractivity contribution in [3.8, 4) is 0 Å². The number of aromatic nitrogens is 1. The molecule has 1 heterocycles. The van der Waals surface area contributed by atoms with Gasteiger partial charge in [0.25, 0.3) is 0 Å². The van der Waals surface area contributed by atoms with Gasteiger partial charge in [0, 0.05) is 22.5 Å². The van der Waals surface area contributed by atoms with Crippen LogP contribution in [0.5, 0.6) is 0 Å². The summed E-state index contributed by atoms with van der Waals surface area (Å²) in [5.41, 5.74) is 7.12. The van der Waals surface area contributed by atoms with Crippen LogP contribution >= 0.6 is 39.5 Å². The Balaban J connectivity index is 2.35. The molecule has 2 nitrogen and oxygen atoms in total. The monoisotopic (exact) mass is 354 g/mol. The van der Waals surface area contributed by atoms with Crippen molar-refractivity contribution in [2.75, 3.05) is 5.75 Å². The van der Waals surface area contributed by atoms with E-state index in [0.717, 1.165) is 15.3 Å². The Labute approximate surface area is 130 Å². The Hall–Kier alpha value is -0.490. The first-order chi connectivity index (χ1) is 9.26. The molecule has 0 saturated heterocycles. The van der Waals surface area contributed by atoms with Crippen molar-refractivity contribution >= 4 is 39.5 Å². The quantitative estimate of drug-likeness (QED) is 0.798. The van der Waals surface area contributed by atoms with Gasteiger partial charge in [0.2, 0.25) is 0 Å². The molecule has 0 saturated carbocycles. The lowest BCUT2D eigenvalue weighted by Gasteiger charge is -2.12. The lowest BCUT2D eigenvalue weighted by molar-refractivity contribution is 0.977. The Morgan fingerprint density at radius 3 is 2.68 bits per heavy atom. The predicted octanol–water partition coefficient (Wildman–Crippen LogP) is 4.57. The summed E-state index contributed by atoms with van der Waals surface area (Å²) in [5.74, 6) is 1.05. The minimum absolute atomic E-state index is 0.552. The van der Waals surface area contributed by atoms with Crippen LogP contribution in [0.25, 0.3) is 0 Å². The number of nitrogens with two attached hydrogens (primary N) is 1. The largest absolute Gasteiger partial charge is 0.326 e.